The van der Waals surface area contributed by atoms with Gasteiger partial charge in [-0.1, -0.05) is 30.3 Å². The number of amides is 1. The van der Waals surface area contributed by atoms with E-state index < -0.39 is 5.60 Å². The number of carbonyl (C=O) groups is 1. The van der Waals surface area contributed by atoms with Gasteiger partial charge in [0.1, 0.15) is 5.60 Å². The molecule has 1 unspecified atom stereocenters. The van der Waals surface area contributed by atoms with Crippen molar-refractivity contribution in [1.29, 1.82) is 0 Å². The summed E-state index contributed by atoms with van der Waals surface area (Å²) >= 11 is 6.17. The van der Waals surface area contributed by atoms with E-state index in [0.717, 1.165) is 13.1 Å². The normalized spacial score (nSPS) is 22.9. The molecular formula is C18H27ClN2O2. The molecule has 1 aromatic carbocycles. The first kappa shape index (κ1) is 18.1. The van der Waals surface area contributed by atoms with Crippen LogP contribution < -0.4 is 0 Å². The Balaban J connectivity index is 2.04. The molecule has 0 saturated carbocycles. The molecule has 128 valence electrons. The summed E-state index contributed by atoms with van der Waals surface area (Å²) in [6.07, 6.45) is -0.250. The fourth-order valence-electron chi connectivity index (χ4n) is 2.84. The minimum atomic E-state index is -0.478. The van der Waals surface area contributed by atoms with Gasteiger partial charge in [-0.05, 0) is 33.3 Å². The van der Waals surface area contributed by atoms with Crippen molar-refractivity contribution >= 4 is 17.7 Å². The number of piperazine rings is 1. The minimum absolute atomic E-state index is 0.105. The molecule has 1 aliphatic rings. The van der Waals surface area contributed by atoms with E-state index in [1.54, 1.807) is 4.90 Å². The first-order chi connectivity index (χ1) is 10.8. The fraction of sp³-hybridized carbons (Fsp3) is 0.611. The van der Waals surface area contributed by atoms with Gasteiger partial charge in [-0.3, -0.25) is 4.90 Å². The molecule has 5 heteroatoms. The lowest BCUT2D eigenvalue weighted by Gasteiger charge is -2.44. The van der Waals surface area contributed by atoms with Crippen LogP contribution in [0.1, 0.15) is 33.3 Å². The summed E-state index contributed by atoms with van der Waals surface area (Å²) in [4.78, 5) is 16.6. The van der Waals surface area contributed by atoms with Gasteiger partial charge in [0, 0.05) is 37.6 Å². The molecule has 0 aliphatic carbocycles. The quantitative estimate of drug-likeness (QED) is 0.787. The summed E-state index contributed by atoms with van der Waals surface area (Å²) in [6.45, 7) is 9.98. The van der Waals surface area contributed by atoms with Crippen molar-refractivity contribution in [3.63, 3.8) is 0 Å². The van der Waals surface area contributed by atoms with Crippen molar-refractivity contribution in [2.75, 3.05) is 19.0 Å². The van der Waals surface area contributed by atoms with E-state index in [1.165, 1.54) is 5.56 Å². The van der Waals surface area contributed by atoms with E-state index in [9.17, 15) is 4.79 Å². The second-order valence-electron chi connectivity index (χ2n) is 7.20. The van der Waals surface area contributed by atoms with Gasteiger partial charge in [-0.2, -0.15) is 0 Å². The van der Waals surface area contributed by atoms with Crippen molar-refractivity contribution in [2.45, 2.75) is 51.9 Å². The molecule has 2 atom stereocenters. The lowest BCUT2D eigenvalue weighted by Crippen LogP contribution is -2.59. The van der Waals surface area contributed by atoms with Gasteiger partial charge in [0.2, 0.25) is 0 Å². The van der Waals surface area contributed by atoms with E-state index in [-0.39, 0.29) is 18.2 Å². The molecule has 23 heavy (non-hydrogen) atoms. The third-order valence-electron chi connectivity index (χ3n) is 3.99. The zero-order chi connectivity index (χ0) is 17.0. The molecule has 4 nitrogen and oxygen atoms in total. The zero-order valence-corrected chi connectivity index (χ0v) is 15.2. The number of nitrogens with zero attached hydrogens (tertiary/aromatic N) is 2. The van der Waals surface area contributed by atoms with E-state index in [2.05, 4.69) is 24.0 Å². The van der Waals surface area contributed by atoms with Crippen LogP contribution in [0.4, 0.5) is 4.79 Å². The Labute approximate surface area is 144 Å². The van der Waals surface area contributed by atoms with Crippen LogP contribution in [0.25, 0.3) is 0 Å². The average Bonchev–Trinajstić information content (AvgIpc) is 2.46. The SMILES string of the molecule is C[C@@H]1CN(Cc2ccccc2)C(CCl)CN1C(=O)OC(C)(C)C. The average molecular weight is 339 g/mol. The van der Waals surface area contributed by atoms with Crippen LogP contribution in [0.15, 0.2) is 30.3 Å². The monoisotopic (exact) mass is 338 g/mol. The van der Waals surface area contributed by atoms with Crippen LogP contribution in [0.2, 0.25) is 0 Å². The number of alkyl halides is 1. The van der Waals surface area contributed by atoms with Crippen molar-refractivity contribution in [1.82, 2.24) is 9.80 Å². The number of halogens is 1. The summed E-state index contributed by atoms with van der Waals surface area (Å²) < 4.78 is 5.52. The number of carbonyl (C=O) groups excluding carboxylic acids is 1. The highest BCUT2D eigenvalue weighted by atomic mass is 35.5. The van der Waals surface area contributed by atoms with Gasteiger partial charge in [-0.25, -0.2) is 4.79 Å². The Morgan fingerprint density at radius 2 is 1.91 bits per heavy atom. The van der Waals surface area contributed by atoms with Crippen LogP contribution >= 0.6 is 11.6 Å². The molecule has 0 bridgehead atoms. The molecule has 1 heterocycles. The number of benzene rings is 1. The zero-order valence-electron chi connectivity index (χ0n) is 14.5. The Hall–Kier alpha value is -1.26. The third-order valence-corrected chi connectivity index (χ3v) is 4.35. The van der Waals surface area contributed by atoms with E-state index >= 15 is 0 Å². The largest absolute Gasteiger partial charge is 0.444 e. The summed E-state index contributed by atoms with van der Waals surface area (Å²) in [5.74, 6) is 0.499. The second-order valence-corrected chi connectivity index (χ2v) is 7.51. The van der Waals surface area contributed by atoms with Crippen molar-refractivity contribution in [3.05, 3.63) is 35.9 Å². The van der Waals surface area contributed by atoms with Crippen LogP contribution in [-0.4, -0.2) is 52.5 Å². The molecule has 0 spiro atoms. The predicted octanol–water partition coefficient (Wildman–Crippen LogP) is 3.74. The van der Waals surface area contributed by atoms with Gasteiger partial charge in [0.25, 0.3) is 0 Å². The highest BCUT2D eigenvalue weighted by Crippen LogP contribution is 2.21. The van der Waals surface area contributed by atoms with Crippen LogP contribution in [0, 0.1) is 0 Å². The van der Waals surface area contributed by atoms with Gasteiger partial charge < -0.3 is 9.64 Å². The van der Waals surface area contributed by atoms with E-state index in [1.807, 2.05) is 39.0 Å². The lowest BCUT2D eigenvalue weighted by atomic mass is 10.1. The maximum atomic E-state index is 12.4. The van der Waals surface area contributed by atoms with E-state index in [0.29, 0.717) is 12.4 Å². The third kappa shape index (κ3) is 5.11. The molecule has 1 saturated heterocycles. The fourth-order valence-corrected chi connectivity index (χ4v) is 3.14. The van der Waals surface area contributed by atoms with Gasteiger partial charge in [-0.15, -0.1) is 11.6 Å². The maximum absolute atomic E-state index is 12.4. The summed E-state index contributed by atoms with van der Waals surface area (Å²) in [7, 11) is 0. The Morgan fingerprint density at radius 1 is 1.26 bits per heavy atom. The summed E-state index contributed by atoms with van der Waals surface area (Å²) in [6, 6.07) is 10.6. The van der Waals surface area contributed by atoms with Gasteiger partial charge in [0.05, 0.1) is 0 Å². The molecule has 1 amide bonds. The molecular weight excluding hydrogens is 312 g/mol. The smallest absolute Gasteiger partial charge is 0.410 e. The lowest BCUT2D eigenvalue weighted by molar-refractivity contribution is -0.0111. The minimum Gasteiger partial charge on any atom is -0.444 e. The summed E-state index contributed by atoms with van der Waals surface area (Å²) in [5.41, 5.74) is 0.787. The van der Waals surface area contributed by atoms with Crippen molar-refractivity contribution < 1.29 is 9.53 Å². The highest BCUT2D eigenvalue weighted by molar-refractivity contribution is 6.18. The molecule has 1 aliphatic heterocycles. The Kier molecular flexibility index (Phi) is 5.93. The van der Waals surface area contributed by atoms with Crippen LogP contribution in [0.3, 0.4) is 0 Å². The van der Waals surface area contributed by atoms with Gasteiger partial charge >= 0.3 is 6.09 Å². The number of ether oxygens (including phenoxy) is 1. The van der Waals surface area contributed by atoms with Gasteiger partial charge in [0.15, 0.2) is 0 Å². The standard InChI is InChI=1S/C18H27ClN2O2/c1-14-11-20(12-15-8-6-5-7-9-15)16(10-19)13-21(14)17(22)23-18(2,3)4/h5-9,14,16H,10-13H2,1-4H3/t14-,16?/m1/s1. The van der Waals surface area contributed by atoms with Crippen molar-refractivity contribution in [3.8, 4) is 0 Å². The summed E-state index contributed by atoms with van der Waals surface area (Å²) in [5, 5.41) is 0. The van der Waals surface area contributed by atoms with Crippen LogP contribution in [-0.2, 0) is 11.3 Å². The highest BCUT2D eigenvalue weighted by Gasteiger charge is 2.35. The van der Waals surface area contributed by atoms with Crippen LogP contribution in [0.5, 0.6) is 0 Å². The first-order valence-corrected chi connectivity index (χ1v) is 8.67. The molecule has 0 aromatic heterocycles. The molecule has 1 aromatic rings. The Morgan fingerprint density at radius 3 is 2.48 bits per heavy atom. The second kappa shape index (κ2) is 7.54. The topological polar surface area (TPSA) is 32.8 Å². The number of rotatable bonds is 3. The first-order valence-electron chi connectivity index (χ1n) is 8.13. The van der Waals surface area contributed by atoms with E-state index in [4.69, 9.17) is 16.3 Å². The molecule has 1 fully saturated rings. The predicted molar refractivity (Wildman–Crippen MR) is 93.8 cm³/mol. The molecule has 2 rings (SSSR count). The maximum Gasteiger partial charge on any atom is 0.410 e. The Bertz CT molecular complexity index is 516. The number of hydrogen-bond acceptors (Lipinski definition) is 3. The van der Waals surface area contributed by atoms with Crippen molar-refractivity contribution in [2.24, 2.45) is 0 Å². The number of hydrogen-bond donors (Lipinski definition) is 0. The molecule has 0 radical (unpaired) electrons. The molecule has 0 N–H and O–H groups in total.